The van der Waals surface area contributed by atoms with E-state index in [-0.39, 0.29) is 23.4 Å². The average molecular weight is 603 g/mol. The molecule has 0 bridgehead atoms. The maximum Gasteiger partial charge on any atom is 0.318 e. The highest BCUT2D eigenvalue weighted by Gasteiger charge is 2.33. The molecule has 43 heavy (non-hydrogen) atoms. The summed E-state index contributed by atoms with van der Waals surface area (Å²) in [6, 6.07) is 27.7. The van der Waals surface area contributed by atoms with Crippen LogP contribution in [0, 0.1) is 0 Å². The molecule has 2 fully saturated rings. The molecule has 1 aliphatic carbocycles. The lowest BCUT2D eigenvalue weighted by Crippen LogP contribution is -2.56. The van der Waals surface area contributed by atoms with Crippen molar-refractivity contribution in [2.24, 2.45) is 0 Å². The molecule has 1 saturated carbocycles. The van der Waals surface area contributed by atoms with Gasteiger partial charge in [0.2, 0.25) is 5.91 Å². The van der Waals surface area contributed by atoms with E-state index in [1.807, 2.05) is 36.4 Å². The Balaban J connectivity index is 0.000000458. The van der Waals surface area contributed by atoms with Gasteiger partial charge in [-0.1, -0.05) is 91.9 Å². The van der Waals surface area contributed by atoms with Gasteiger partial charge in [-0.25, -0.2) is 13.2 Å². The summed E-state index contributed by atoms with van der Waals surface area (Å²) < 4.78 is 24.8. The summed E-state index contributed by atoms with van der Waals surface area (Å²) >= 11 is 0. The molecule has 5 rings (SSSR count). The molecule has 1 saturated heterocycles. The minimum absolute atomic E-state index is 0.0338. The Labute approximate surface area is 255 Å². The normalized spacial score (nSPS) is 16.2. The summed E-state index contributed by atoms with van der Waals surface area (Å²) in [4.78, 5) is 30.3. The van der Waals surface area contributed by atoms with Crippen molar-refractivity contribution in [2.75, 3.05) is 32.7 Å². The maximum atomic E-state index is 13.0. The van der Waals surface area contributed by atoms with Crippen LogP contribution in [0.1, 0.15) is 30.9 Å². The number of hydrogen-bond acceptors (Lipinski definition) is 5. The third-order valence-corrected chi connectivity index (χ3v) is 9.03. The van der Waals surface area contributed by atoms with E-state index in [0.29, 0.717) is 25.6 Å². The molecule has 3 amide bonds. The molecular formula is C34H42N4O4S. The van der Waals surface area contributed by atoms with E-state index in [9.17, 15) is 18.0 Å². The van der Waals surface area contributed by atoms with Gasteiger partial charge in [-0.15, -0.1) is 0 Å². The highest BCUT2D eigenvalue weighted by atomic mass is 32.2. The number of benzene rings is 3. The molecule has 3 aromatic rings. The SMILES string of the molecule is CCc1ccccc1.O=C(NC/C=C/S(=O)(=O)c1ccccc1)C(Cc1ccccc1)NC(=O)N1CCN(C2CC2)CC1. The number of piperazine rings is 1. The van der Waals surface area contributed by atoms with Crippen LogP contribution in [0.2, 0.25) is 0 Å². The smallest absolute Gasteiger partial charge is 0.318 e. The zero-order valence-electron chi connectivity index (χ0n) is 24.8. The number of aryl methyl sites for hydroxylation is 1. The van der Waals surface area contributed by atoms with Gasteiger partial charge in [-0.3, -0.25) is 9.69 Å². The van der Waals surface area contributed by atoms with Crippen LogP contribution < -0.4 is 10.6 Å². The molecule has 1 heterocycles. The second-order valence-electron chi connectivity index (χ2n) is 10.8. The summed E-state index contributed by atoms with van der Waals surface area (Å²) in [6.07, 6.45) is 5.37. The number of urea groups is 1. The highest BCUT2D eigenvalue weighted by molar-refractivity contribution is 7.94. The number of carbonyl (C=O) groups is 2. The predicted octanol–water partition coefficient (Wildman–Crippen LogP) is 4.44. The summed E-state index contributed by atoms with van der Waals surface area (Å²) in [5, 5.41) is 6.72. The zero-order chi connectivity index (χ0) is 30.5. The molecule has 8 nitrogen and oxygen atoms in total. The van der Waals surface area contributed by atoms with Gasteiger partial charge in [-0.2, -0.15) is 0 Å². The summed E-state index contributed by atoms with van der Waals surface area (Å²) in [5.74, 6) is -0.361. The largest absolute Gasteiger partial charge is 0.351 e. The Kier molecular flexibility index (Phi) is 11.9. The van der Waals surface area contributed by atoms with Gasteiger partial charge >= 0.3 is 6.03 Å². The molecule has 2 aliphatic rings. The van der Waals surface area contributed by atoms with Gasteiger partial charge in [0.15, 0.2) is 9.84 Å². The van der Waals surface area contributed by atoms with Gasteiger partial charge in [0.05, 0.1) is 4.90 Å². The van der Waals surface area contributed by atoms with E-state index < -0.39 is 15.9 Å². The molecule has 2 N–H and O–H groups in total. The molecule has 0 radical (unpaired) electrons. The van der Waals surface area contributed by atoms with Crippen molar-refractivity contribution >= 4 is 21.8 Å². The molecule has 1 atom stereocenters. The fourth-order valence-electron chi connectivity index (χ4n) is 4.89. The van der Waals surface area contributed by atoms with Crippen molar-refractivity contribution in [2.45, 2.75) is 49.6 Å². The third-order valence-electron chi connectivity index (χ3n) is 7.55. The fraction of sp³-hybridized carbons (Fsp3) is 0.353. The Morgan fingerprint density at radius 1 is 0.837 bits per heavy atom. The van der Waals surface area contributed by atoms with E-state index in [1.165, 1.54) is 36.6 Å². The number of hydrogen-bond donors (Lipinski definition) is 2. The molecule has 3 aromatic carbocycles. The van der Waals surface area contributed by atoms with Crippen molar-refractivity contribution in [1.82, 2.24) is 20.4 Å². The Morgan fingerprint density at radius 3 is 1.93 bits per heavy atom. The average Bonchev–Trinajstić information content (AvgIpc) is 3.90. The summed E-state index contributed by atoms with van der Waals surface area (Å²) in [7, 11) is -3.58. The van der Waals surface area contributed by atoms with Crippen molar-refractivity contribution < 1.29 is 18.0 Å². The Bertz CT molecular complexity index is 1420. The second kappa shape index (κ2) is 16.0. The Morgan fingerprint density at radius 2 is 1.40 bits per heavy atom. The third kappa shape index (κ3) is 10.4. The second-order valence-corrected chi connectivity index (χ2v) is 12.6. The number of amides is 3. The molecule has 228 valence electrons. The van der Waals surface area contributed by atoms with E-state index in [4.69, 9.17) is 0 Å². The van der Waals surface area contributed by atoms with Crippen molar-refractivity contribution in [3.63, 3.8) is 0 Å². The monoisotopic (exact) mass is 602 g/mol. The first kappa shape index (κ1) is 32.0. The number of rotatable bonds is 10. The molecule has 1 aliphatic heterocycles. The first-order valence-corrected chi connectivity index (χ1v) is 16.5. The van der Waals surface area contributed by atoms with Gasteiger partial charge in [0.1, 0.15) is 6.04 Å². The van der Waals surface area contributed by atoms with Crippen LogP contribution in [0.4, 0.5) is 4.79 Å². The maximum absolute atomic E-state index is 13.0. The van der Waals surface area contributed by atoms with Crippen LogP contribution in [0.3, 0.4) is 0 Å². The van der Waals surface area contributed by atoms with Crippen LogP contribution in [0.15, 0.2) is 107 Å². The topological polar surface area (TPSA) is 98.8 Å². The van der Waals surface area contributed by atoms with E-state index in [1.54, 1.807) is 23.1 Å². The Hall–Kier alpha value is -3.95. The lowest BCUT2D eigenvalue weighted by Gasteiger charge is -2.35. The lowest BCUT2D eigenvalue weighted by atomic mass is 10.1. The van der Waals surface area contributed by atoms with Gasteiger partial charge in [0.25, 0.3) is 0 Å². The van der Waals surface area contributed by atoms with Crippen molar-refractivity contribution in [1.29, 1.82) is 0 Å². The van der Waals surface area contributed by atoms with Crippen LogP contribution in [0.5, 0.6) is 0 Å². The fourth-order valence-corrected chi connectivity index (χ4v) is 5.93. The molecule has 0 spiro atoms. The van der Waals surface area contributed by atoms with Crippen LogP contribution in [0.25, 0.3) is 0 Å². The lowest BCUT2D eigenvalue weighted by molar-refractivity contribution is -0.122. The quantitative estimate of drug-likeness (QED) is 0.358. The van der Waals surface area contributed by atoms with Crippen molar-refractivity contribution in [3.8, 4) is 0 Å². The molecule has 9 heteroatoms. The van der Waals surface area contributed by atoms with Gasteiger partial charge in [0, 0.05) is 50.6 Å². The predicted molar refractivity (Wildman–Crippen MR) is 170 cm³/mol. The van der Waals surface area contributed by atoms with E-state index in [0.717, 1.165) is 30.5 Å². The molecular weight excluding hydrogens is 560 g/mol. The standard InChI is InChI=1S/C26H32N4O4S.C8H10/c31-25(27-14-7-19-35(33,34)23-10-5-2-6-11-23)24(20-21-8-3-1-4-9-21)28-26(32)30-17-15-29(16-18-30)22-12-13-22;1-2-8-6-4-3-5-7-8/h1-11,19,22,24H,12-18,20H2,(H,27,31)(H,28,32);3-7H,2H2,1H3/b19-7+;. The summed E-state index contributed by atoms with van der Waals surface area (Å²) in [5.41, 5.74) is 2.33. The first-order valence-electron chi connectivity index (χ1n) is 15.0. The number of nitrogens with one attached hydrogen (secondary N) is 2. The van der Waals surface area contributed by atoms with E-state index in [2.05, 4.69) is 46.7 Å². The molecule has 0 aromatic heterocycles. The number of sulfone groups is 1. The van der Waals surface area contributed by atoms with Crippen LogP contribution in [-0.4, -0.2) is 75.0 Å². The minimum atomic E-state index is -3.58. The first-order chi connectivity index (χ1) is 20.9. The van der Waals surface area contributed by atoms with Gasteiger partial charge in [-0.05, 0) is 42.5 Å². The van der Waals surface area contributed by atoms with Crippen LogP contribution in [-0.2, 0) is 27.5 Å². The highest BCUT2D eigenvalue weighted by Crippen LogP contribution is 2.27. The van der Waals surface area contributed by atoms with Gasteiger partial charge < -0.3 is 15.5 Å². The minimum Gasteiger partial charge on any atom is -0.351 e. The van der Waals surface area contributed by atoms with Crippen LogP contribution >= 0.6 is 0 Å². The number of carbonyl (C=O) groups excluding carboxylic acids is 2. The molecule has 1 unspecified atom stereocenters. The zero-order valence-corrected chi connectivity index (χ0v) is 25.6. The summed E-state index contributed by atoms with van der Waals surface area (Å²) in [6.45, 7) is 5.19. The number of nitrogens with zero attached hydrogens (tertiary/aromatic N) is 2. The van der Waals surface area contributed by atoms with E-state index >= 15 is 0 Å². The van der Waals surface area contributed by atoms with Crippen molar-refractivity contribution in [3.05, 3.63) is 114 Å².